The summed E-state index contributed by atoms with van der Waals surface area (Å²) in [5.74, 6) is 4.08. The van der Waals surface area contributed by atoms with Crippen molar-refractivity contribution >= 4 is 17.7 Å². The van der Waals surface area contributed by atoms with Crippen molar-refractivity contribution in [2.75, 3.05) is 49.7 Å². The third-order valence-electron chi connectivity index (χ3n) is 3.56. The van der Waals surface area contributed by atoms with Crippen LogP contribution in [0.5, 0.6) is 5.75 Å². The summed E-state index contributed by atoms with van der Waals surface area (Å²) < 4.78 is 5.06. The molecule has 2 aliphatic rings. The molecule has 0 atom stereocenters. The summed E-state index contributed by atoms with van der Waals surface area (Å²) in [6.07, 6.45) is 3.46. The molecule has 3 heterocycles. The van der Waals surface area contributed by atoms with E-state index in [9.17, 15) is 0 Å². The molecule has 1 aromatic heterocycles. The Morgan fingerprint density at radius 3 is 2.50 bits per heavy atom. The molecule has 0 bridgehead atoms. The first-order valence-corrected chi connectivity index (χ1v) is 7.45. The molecule has 0 unspecified atom stereocenters. The van der Waals surface area contributed by atoms with Gasteiger partial charge in [0.15, 0.2) is 5.75 Å². The van der Waals surface area contributed by atoms with Crippen LogP contribution in [0, 0.1) is 0 Å². The van der Waals surface area contributed by atoms with Crippen LogP contribution in [-0.2, 0) is 0 Å². The van der Waals surface area contributed by atoms with Gasteiger partial charge >= 0.3 is 0 Å². The smallest absolute Gasteiger partial charge is 0.225 e. The zero-order chi connectivity index (χ0) is 12.4. The van der Waals surface area contributed by atoms with Crippen LogP contribution in [0.4, 0.5) is 5.95 Å². The molecule has 0 saturated carbocycles. The van der Waals surface area contributed by atoms with E-state index in [0.717, 1.165) is 19.0 Å². The molecular weight excluding hydrogens is 248 g/mol. The van der Waals surface area contributed by atoms with Crippen molar-refractivity contribution < 1.29 is 4.74 Å². The fraction of sp³-hybridized carbons (Fsp3) is 0.667. The Morgan fingerprint density at radius 2 is 1.89 bits per heavy atom. The Labute approximate surface area is 112 Å². The van der Waals surface area contributed by atoms with Crippen molar-refractivity contribution in [3.05, 3.63) is 12.4 Å². The zero-order valence-corrected chi connectivity index (χ0v) is 11.4. The molecule has 1 aromatic rings. The summed E-state index contributed by atoms with van der Waals surface area (Å²) in [5.41, 5.74) is 0. The lowest BCUT2D eigenvalue weighted by Gasteiger charge is -2.46. The van der Waals surface area contributed by atoms with Crippen LogP contribution in [0.25, 0.3) is 0 Å². The van der Waals surface area contributed by atoms with Crippen LogP contribution in [0.2, 0.25) is 0 Å². The van der Waals surface area contributed by atoms with E-state index in [4.69, 9.17) is 4.74 Å². The Morgan fingerprint density at radius 1 is 1.22 bits per heavy atom. The molecule has 0 amide bonds. The minimum Gasteiger partial charge on any atom is -0.494 e. The number of hydrogen-bond donors (Lipinski definition) is 0. The lowest BCUT2D eigenvalue weighted by atomic mass is 10.1. The Kier molecular flexibility index (Phi) is 3.56. The second-order valence-corrected chi connectivity index (χ2v) is 5.85. The number of thioether (sulfide) groups is 1. The van der Waals surface area contributed by atoms with Gasteiger partial charge in [-0.3, -0.25) is 4.90 Å². The van der Waals surface area contributed by atoms with Gasteiger partial charge in [-0.25, -0.2) is 9.97 Å². The van der Waals surface area contributed by atoms with Crippen molar-refractivity contribution in [2.24, 2.45) is 0 Å². The first kappa shape index (κ1) is 12.0. The minimum atomic E-state index is 0.691. The molecule has 2 saturated heterocycles. The highest BCUT2D eigenvalue weighted by molar-refractivity contribution is 7.99. The number of aromatic nitrogens is 2. The first-order valence-electron chi connectivity index (χ1n) is 6.29. The summed E-state index contributed by atoms with van der Waals surface area (Å²) in [4.78, 5) is 13.5. The predicted molar refractivity (Wildman–Crippen MR) is 73.5 cm³/mol. The van der Waals surface area contributed by atoms with Gasteiger partial charge in [-0.05, 0) is 0 Å². The third-order valence-corrected chi connectivity index (χ3v) is 4.50. The molecule has 2 fully saturated rings. The van der Waals surface area contributed by atoms with Gasteiger partial charge in [-0.2, -0.15) is 11.8 Å². The molecular formula is C12H18N4OS. The average Bonchev–Trinajstić information content (AvgIpc) is 2.39. The van der Waals surface area contributed by atoms with Crippen LogP contribution in [-0.4, -0.2) is 65.7 Å². The van der Waals surface area contributed by atoms with Gasteiger partial charge in [0, 0.05) is 43.7 Å². The van der Waals surface area contributed by atoms with E-state index in [0.29, 0.717) is 11.8 Å². The minimum absolute atomic E-state index is 0.691. The number of anilines is 1. The summed E-state index contributed by atoms with van der Waals surface area (Å²) in [6, 6.07) is 0.691. The third kappa shape index (κ3) is 2.40. The van der Waals surface area contributed by atoms with Gasteiger partial charge in [0.2, 0.25) is 5.95 Å². The van der Waals surface area contributed by atoms with Gasteiger partial charge in [0.25, 0.3) is 0 Å². The van der Waals surface area contributed by atoms with Gasteiger partial charge in [0.1, 0.15) is 0 Å². The highest BCUT2D eigenvalue weighted by Gasteiger charge is 2.33. The van der Waals surface area contributed by atoms with Crippen LogP contribution in [0.3, 0.4) is 0 Å². The van der Waals surface area contributed by atoms with Crippen molar-refractivity contribution in [2.45, 2.75) is 6.04 Å². The largest absolute Gasteiger partial charge is 0.494 e. The van der Waals surface area contributed by atoms with E-state index in [1.54, 1.807) is 19.5 Å². The maximum Gasteiger partial charge on any atom is 0.225 e. The highest BCUT2D eigenvalue weighted by atomic mass is 32.2. The number of nitrogens with zero attached hydrogens (tertiary/aromatic N) is 4. The molecule has 3 rings (SSSR count). The molecule has 0 aliphatic carbocycles. The summed E-state index contributed by atoms with van der Waals surface area (Å²) in [6.45, 7) is 4.56. The monoisotopic (exact) mass is 266 g/mol. The zero-order valence-electron chi connectivity index (χ0n) is 10.6. The molecule has 0 N–H and O–H groups in total. The Balaban J connectivity index is 1.54. The lowest BCUT2D eigenvalue weighted by Crippen LogP contribution is -2.61. The van der Waals surface area contributed by atoms with E-state index in [-0.39, 0.29) is 0 Å². The van der Waals surface area contributed by atoms with Gasteiger partial charge in [-0.15, -0.1) is 0 Å². The van der Waals surface area contributed by atoms with Crippen molar-refractivity contribution in [3.63, 3.8) is 0 Å². The van der Waals surface area contributed by atoms with E-state index >= 15 is 0 Å². The molecule has 6 heteroatoms. The average molecular weight is 266 g/mol. The fourth-order valence-electron chi connectivity index (χ4n) is 2.37. The summed E-state index contributed by atoms with van der Waals surface area (Å²) in [5, 5.41) is 0. The number of hydrogen-bond acceptors (Lipinski definition) is 6. The van der Waals surface area contributed by atoms with Gasteiger partial charge in [0.05, 0.1) is 19.5 Å². The normalized spacial score (nSPS) is 21.7. The van der Waals surface area contributed by atoms with E-state index in [2.05, 4.69) is 31.5 Å². The highest BCUT2D eigenvalue weighted by Crippen LogP contribution is 2.23. The quantitative estimate of drug-likeness (QED) is 0.803. The molecule has 2 aliphatic heterocycles. The first-order chi connectivity index (χ1) is 8.86. The van der Waals surface area contributed by atoms with Crippen LogP contribution >= 0.6 is 11.8 Å². The Hall–Kier alpha value is -1.01. The fourth-order valence-corrected chi connectivity index (χ4v) is 3.30. The van der Waals surface area contributed by atoms with E-state index < -0.39 is 0 Å². The van der Waals surface area contributed by atoms with E-state index in [1.165, 1.54) is 24.6 Å². The van der Waals surface area contributed by atoms with Gasteiger partial charge in [-0.1, -0.05) is 0 Å². The Bertz CT molecular complexity index is 388. The lowest BCUT2D eigenvalue weighted by molar-refractivity contribution is 0.181. The van der Waals surface area contributed by atoms with Crippen LogP contribution < -0.4 is 9.64 Å². The SMILES string of the molecule is COc1cnc(N2CC(N3CCSCC3)C2)nc1. The van der Waals surface area contributed by atoms with Crippen molar-refractivity contribution in [3.8, 4) is 5.75 Å². The molecule has 18 heavy (non-hydrogen) atoms. The van der Waals surface area contributed by atoms with Crippen molar-refractivity contribution in [1.82, 2.24) is 14.9 Å². The van der Waals surface area contributed by atoms with Crippen molar-refractivity contribution in [1.29, 1.82) is 0 Å². The second-order valence-electron chi connectivity index (χ2n) is 4.63. The van der Waals surface area contributed by atoms with E-state index in [1.807, 2.05) is 0 Å². The van der Waals surface area contributed by atoms with Crippen LogP contribution in [0.1, 0.15) is 0 Å². The topological polar surface area (TPSA) is 41.5 Å². The molecule has 0 spiro atoms. The standard InChI is InChI=1S/C12H18N4OS/c1-17-11-6-13-12(14-7-11)16-8-10(9-16)15-2-4-18-5-3-15/h6-7,10H,2-5,8-9H2,1H3. The molecule has 0 aromatic carbocycles. The number of rotatable bonds is 3. The molecule has 5 nitrogen and oxygen atoms in total. The summed E-state index contributed by atoms with van der Waals surface area (Å²) in [7, 11) is 1.63. The second kappa shape index (κ2) is 5.32. The summed E-state index contributed by atoms with van der Waals surface area (Å²) >= 11 is 2.06. The maximum atomic E-state index is 5.06. The predicted octanol–water partition coefficient (Wildman–Crippen LogP) is 0.723. The molecule has 0 radical (unpaired) electrons. The number of ether oxygens (including phenoxy) is 1. The van der Waals surface area contributed by atoms with Gasteiger partial charge < -0.3 is 9.64 Å². The van der Waals surface area contributed by atoms with Crippen LogP contribution in [0.15, 0.2) is 12.4 Å². The molecule has 98 valence electrons. The number of methoxy groups -OCH3 is 1. The maximum absolute atomic E-state index is 5.06.